The molecule has 0 radical (unpaired) electrons. The van der Waals surface area contributed by atoms with E-state index < -0.39 is 12.6 Å². The summed E-state index contributed by atoms with van der Waals surface area (Å²) in [4.78, 5) is 2.00. The van der Waals surface area contributed by atoms with Gasteiger partial charge >= 0.3 is 6.18 Å². The zero-order valence-corrected chi connectivity index (χ0v) is 12.7. The highest BCUT2D eigenvalue weighted by atomic mass is 19.4. The number of nitrogens with zero attached hydrogens (tertiary/aromatic N) is 1. The van der Waals surface area contributed by atoms with Crippen molar-refractivity contribution in [1.82, 2.24) is 10.2 Å². The quantitative estimate of drug-likeness (QED) is 0.810. The van der Waals surface area contributed by atoms with E-state index in [9.17, 15) is 13.2 Å². The van der Waals surface area contributed by atoms with Gasteiger partial charge in [0.1, 0.15) is 0 Å². The third-order valence-electron chi connectivity index (χ3n) is 5.70. The smallest absolute Gasteiger partial charge is 0.316 e. The molecule has 2 saturated carbocycles. The number of likely N-dealkylation sites (tertiary alicyclic amines) is 1. The first kappa shape index (κ1) is 15.6. The predicted molar refractivity (Wildman–Crippen MR) is 77.0 cm³/mol. The molecule has 1 N–H and O–H groups in total. The van der Waals surface area contributed by atoms with E-state index in [2.05, 4.69) is 5.32 Å². The van der Waals surface area contributed by atoms with Crippen LogP contribution in [-0.4, -0.2) is 43.8 Å². The van der Waals surface area contributed by atoms with Crippen LogP contribution in [0.25, 0.3) is 0 Å². The molecule has 122 valence electrons. The van der Waals surface area contributed by atoms with Crippen LogP contribution < -0.4 is 5.32 Å². The van der Waals surface area contributed by atoms with Gasteiger partial charge in [0, 0.05) is 19.6 Å². The predicted octanol–water partition coefficient (Wildman–Crippen LogP) is 3.29. The van der Waals surface area contributed by atoms with Crippen LogP contribution in [0.5, 0.6) is 0 Å². The number of nitrogens with one attached hydrogen (secondary N) is 1. The molecule has 0 spiro atoms. The molecule has 0 amide bonds. The summed E-state index contributed by atoms with van der Waals surface area (Å²) >= 11 is 0. The standard InChI is InChI=1S/C16H27F3N2/c17-16(18,19)6-7-21-10-14-13(15(14)11-21)9-20-8-12-4-2-1-3-5-12/h12-15,20H,1-11H2. The lowest BCUT2D eigenvalue weighted by atomic mass is 9.89. The zero-order chi connectivity index (χ0) is 14.9. The SMILES string of the molecule is FC(F)(F)CCN1CC2C(CNCC3CCCCC3)C2C1. The third-order valence-corrected chi connectivity index (χ3v) is 5.70. The highest BCUT2D eigenvalue weighted by Gasteiger charge is 2.54. The van der Waals surface area contributed by atoms with Gasteiger partial charge in [-0.2, -0.15) is 13.2 Å². The molecule has 5 heteroatoms. The van der Waals surface area contributed by atoms with Gasteiger partial charge in [-0.3, -0.25) is 0 Å². The Balaban J connectivity index is 1.27. The molecule has 2 nitrogen and oxygen atoms in total. The molecular weight excluding hydrogens is 277 g/mol. The summed E-state index contributed by atoms with van der Waals surface area (Å²) in [7, 11) is 0. The van der Waals surface area contributed by atoms with E-state index in [0.717, 1.165) is 38.0 Å². The third kappa shape index (κ3) is 4.35. The number of piperidine rings is 1. The van der Waals surface area contributed by atoms with E-state index in [1.165, 1.54) is 32.1 Å². The summed E-state index contributed by atoms with van der Waals surface area (Å²) in [5.41, 5.74) is 0. The van der Waals surface area contributed by atoms with Gasteiger partial charge in [0.05, 0.1) is 6.42 Å². The highest BCUT2D eigenvalue weighted by Crippen LogP contribution is 2.51. The number of rotatable bonds is 6. The summed E-state index contributed by atoms with van der Waals surface area (Å²) in [5.74, 6) is 2.92. The molecule has 0 aromatic rings. The van der Waals surface area contributed by atoms with Crippen LogP contribution in [-0.2, 0) is 0 Å². The number of halogens is 3. The Labute approximate surface area is 125 Å². The Morgan fingerprint density at radius 1 is 0.952 bits per heavy atom. The summed E-state index contributed by atoms with van der Waals surface area (Å²) in [6.45, 7) is 4.19. The molecule has 1 aliphatic heterocycles. The Hall–Kier alpha value is -0.290. The Kier molecular flexibility index (Phi) is 4.79. The highest BCUT2D eigenvalue weighted by molar-refractivity contribution is 5.05. The van der Waals surface area contributed by atoms with Gasteiger partial charge in [0.2, 0.25) is 0 Å². The topological polar surface area (TPSA) is 15.3 Å². The van der Waals surface area contributed by atoms with Gasteiger partial charge < -0.3 is 10.2 Å². The van der Waals surface area contributed by atoms with Crippen LogP contribution in [0.3, 0.4) is 0 Å². The first-order valence-electron chi connectivity index (χ1n) is 8.53. The van der Waals surface area contributed by atoms with E-state index in [1.54, 1.807) is 0 Å². The van der Waals surface area contributed by atoms with Crippen molar-refractivity contribution in [3.8, 4) is 0 Å². The average molecular weight is 304 g/mol. The molecule has 2 aliphatic carbocycles. The largest absolute Gasteiger partial charge is 0.390 e. The molecule has 0 bridgehead atoms. The Morgan fingerprint density at radius 3 is 2.24 bits per heavy atom. The summed E-state index contributed by atoms with van der Waals surface area (Å²) in [6.07, 6.45) is 2.25. The summed E-state index contributed by atoms with van der Waals surface area (Å²) in [6, 6.07) is 0. The van der Waals surface area contributed by atoms with Crippen LogP contribution in [0.1, 0.15) is 38.5 Å². The van der Waals surface area contributed by atoms with E-state index in [0.29, 0.717) is 11.8 Å². The monoisotopic (exact) mass is 304 g/mol. The number of fused-ring (bicyclic) bond motifs is 1. The second-order valence-electron chi connectivity index (χ2n) is 7.28. The van der Waals surface area contributed by atoms with Gasteiger partial charge in [0.15, 0.2) is 0 Å². The van der Waals surface area contributed by atoms with Gasteiger partial charge in [0.25, 0.3) is 0 Å². The normalized spacial score (nSPS) is 34.1. The van der Waals surface area contributed by atoms with Gasteiger partial charge in [-0.05, 0) is 49.6 Å². The van der Waals surface area contributed by atoms with Crippen LogP contribution in [0.2, 0.25) is 0 Å². The van der Waals surface area contributed by atoms with Crippen LogP contribution in [0, 0.1) is 23.7 Å². The van der Waals surface area contributed by atoms with Crippen LogP contribution >= 0.6 is 0 Å². The maximum atomic E-state index is 12.2. The molecule has 0 aromatic carbocycles. The van der Waals surface area contributed by atoms with E-state index in [-0.39, 0.29) is 6.54 Å². The maximum Gasteiger partial charge on any atom is 0.390 e. The first-order valence-corrected chi connectivity index (χ1v) is 8.53. The second-order valence-corrected chi connectivity index (χ2v) is 7.28. The number of hydrogen-bond donors (Lipinski definition) is 1. The Morgan fingerprint density at radius 2 is 1.62 bits per heavy atom. The first-order chi connectivity index (χ1) is 10.0. The molecule has 3 aliphatic rings. The van der Waals surface area contributed by atoms with Crippen molar-refractivity contribution in [3.63, 3.8) is 0 Å². The maximum absolute atomic E-state index is 12.2. The molecule has 1 heterocycles. The Bertz CT molecular complexity index is 327. The van der Waals surface area contributed by atoms with E-state index in [4.69, 9.17) is 0 Å². The fraction of sp³-hybridized carbons (Fsp3) is 1.00. The molecule has 3 fully saturated rings. The van der Waals surface area contributed by atoms with E-state index in [1.807, 2.05) is 4.90 Å². The van der Waals surface area contributed by atoms with Crippen LogP contribution in [0.4, 0.5) is 13.2 Å². The van der Waals surface area contributed by atoms with Crippen molar-refractivity contribution >= 4 is 0 Å². The van der Waals surface area contributed by atoms with Crippen molar-refractivity contribution in [1.29, 1.82) is 0 Å². The lowest BCUT2D eigenvalue weighted by Crippen LogP contribution is -2.32. The van der Waals surface area contributed by atoms with Crippen LogP contribution in [0.15, 0.2) is 0 Å². The molecule has 3 rings (SSSR count). The zero-order valence-electron chi connectivity index (χ0n) is 12.7. The summed E-state index contributed by atoms with van der Waals surface area (Å²) in [5, 5.41) is 3.62. The molecular formula is C16H27F3N2. The van der Waals surface area contributed by atoms with Gasteiger partial charge in [-0.15, -0.1) is 0 Å². The summed E-state index contributed by atoms with van der Waals surface area (Å²) < 4.78 is 36.6. The molecule has 2 atom stereocenters. The van der Waals surface area contributed by atoms with E-state index >= 15 is 0 Å². The van der Waals surface area contributed by atoms with Gasteiger partial charge in [-0.1, -0.05) is 19.3 Å². The minimum atomic E-state index is -4.01. The number of alkyl halides is 3. The lowest BCUT2D eigenvalue weighted by Gasteiger charge is -2.23. The molecule has 0 aromatic heterocycles. The lowest BCUT2D eigenvalue weighted by molar-refractivity contribution is -0.137. The second kappa shape index (κ2) is 6.45. The minimum Gasteiger partial charge on any atom is -0.316 e. The van der Waals surface area contributed by atoms with Gasteiger partial charge in [-0.25, -0.2) is 0 Å². The fourth-order valence-corrected chi connectivity index (χ4v) is 4.35. The molecule has 1 saturated heterocycles. The molecule has 21 heavy (non-hydrogen) atoms. The van der Waals surface area contributed by atoms with Crippen molar-refractivity contribution < 1.29 is 13.2 Å². The van der Waals surface area contributed by atoms with Crippen molar-refractivity contribution in [2.75, 3.05) is 32.7 Å². The number of hydrogen-bond acceptors (Lipinski definition) is 2. The average Bonchev–Trinajstić information content (AvgIpc) is 2.91. The minimum absolute atomic E-state index is 0.193. The molecule has 2 unspecified atom stereocenters. The van der Waals surface area contributed by atoms with Crippen molar-refractivity contribution in [2.24, 2.45) is 23.7 Å². The van der Waals surface area contributed by atoms with Crippen molar-refractivity contribution in [2.45, 2.75) is 44.7 Å². The van der Waals surface area contributed by atoms with Crippen molar-refractivity contribution in [3.05, 3.63) is 0 Å². The fourth-order valence-electron chi connectivity index (χ4n) is 4.35.